The number of carboxylic acid groups (broad SMARTS) is 1. The van der Waals surface area contributed by atoms with Gasteiger partial charge in [-0.15, -0.1) is 0 Å². The van der Waals surface area contributed by atoms with Crippen LogP contribution in [-0.2, 0) is 13.0 Å². The maximum Gasteiger partial charge on any atom is 0.339 e. The molecule has 1 amide bonds. The Morgan fingerprint density at radius 1 is 1.28 bits per heavy atom. The van der Waals surface area contributed by atoms with Gasteiger partial charge in [-0.3, -0.25) is 4.79 Å². The molecule has 1 aromatic heterocycles. The average molecular weight is 345 g/mol. The number of carbonyl (C=O) groups excluding carboxylic acids is 1. The van der Waals surface area contributed by atoms with Gasteiger partial charge in [0.2, 0.25) is 0 Å². The molecule has 6 nitrogen and oxygen atoms in total. The lowest BCUT2D eigenvalue weighted by Gasteiger charge is -2.10. The molecule has 2 N–H and O–H groups in total. The minimum Gasteiger partial charge on any atom is -0.493 e. The molecule has 0 radical (unpaired) electrons. The Balaban J connectivity index is 2.00. The highest BCUT2D eigenvalue weighted by Crippen LogP contribution is 2.17. The highest BCUT2D eigenvalue weighted by atomic mass is 16.5. The van der Waals surface area contributed by atoms with E-state index in [0.29, 0.717) is 31.3 Å². The third-order valence-corrected chi connectivity index (χ3v) is 3.52. The summed E-state index contributed by atoms with van der Waals surface area (Å²) in [6.45, 7) is 6.84. The Kier molecular flexibility index (Phi) is 6.22. The second-order valence-corrected chi connectivity index (χ2v) is 6.14. The second kappa shape index (κ2) is 8.37. The molecular weight excluding hydrogens is 322 g/mol. The Bertz CT molecular complexity index is 748. The molecule has 0 spiro atoms. The van der Waals surface area contributed by atoms with Crippen LogP contribution in [0, 0.1) is 5.92 Å². The number of carbonyl (C=O) groups is 2. The fourth-order valence-corrected chi connectivity index (χ4v) is 2.26. The lowest BCUT2D eigenvalue weighted by molar-refractivity contribution is 0.0694. The Hall–Kier alpha value is -2.76. The number of hydrogen-bond donors (Lipinski definition) is 2. The molecule has 2 aromatic rings. The fraction of sp³-hybridized carbons (Fsp3) is 0.368. The highest BCUT2D eigenvalue weighted by molar-refractivity contribution is 5.96. The molecule has 0 aliphatic rings. The van der Waals surface area contributed by atoms with Crippen molar-refractivity contribution in [2.45, 2.75) is 33.7 Å². The first-order valence-corrected chi connectivity index (χ1v) is 8.26. The minimum atomic E-state index is -1.10. The molecule has 0 atom stereocenters. The van der Waals surface area contributed by atoms with Crippen molar-refractivity contribution in [1.29, 1.82) is 0 Å². The van der Waals surface area contributed by atoms with E-state index in [1.165, 1.54) is 6.07 Å². The number of hydrogen-bond acceptors (Lipinski definition) is 4. The molecular formula is C19H23NO5. The van der Waals surface area contributed by atoms with E-state index < -0.39 is 11.9 Å². The summed E-state index contributed by atoms with van der Waals surface area (Å²) in [5, 5.41) is 11.8. The van der Waals surface area contributed by atoms with Gasteiger partial charge in [0.05, 0.1) is 6.61 Å². The molecule has 0 aliphatic carbocycles. The van der Waals surface area contributed by atoms with Crippen molar-refractivity contribution in [3.63, 3.8) is 0 Å². The Morgan fingerprint density at radius 2 is 2.04 bits per heavy atom. The van der Waals surface area contributed by atoms with Gasteiger partial charge in [-0.25, -0.2) is 4.79 Å². The lowest BCUT2D eigenvalue weighted by atomic mass is 10.2. The van der Waals surface area contributed by atoms with Crippen molar-refractivity contribution >= 4 is 11.9 Å². The largest absolute Gasteiger partial charge is 0.493 e. The van der Waals surface area contributed by atoms with Crippen LogP contribution in [0.15, 0.2) is 34.7 Å². The molecule has 134 valence electrons. The van der Waals surface area contributed by atoms with Crippen LogP contribution < -0.4 is 10.1 Å². The number of rotatable bonds is 8. The van der Waals surface area contributed by atoms with E-state index in [-0.39, 0.29) is 11.3 Å². The van der Waals surface area contributed by atoms with Gasteiger partial charge in [-0.2, -0.15) is 0 Å². The SMILES string of the molecule is CCc1oc(C(=O)NCc2cccc(OCC(C)C)c2)cc1C(=O)O. The number of aryl methyl sites for hydroxylation is 1. The van der Waals surface area contributed by atoms with Crippen molar-refractivity contribution in [1.82, 2.24) is 5.32 Å². The summed E-state index contributed by atoms with van der Waals surface area (Å²) < 4.78 is 11.0. The summed E-state index contributed by atoms with van der Waals surface area (Å²) in [6, 6.07) is 8.74. The zero-order valence-electron chi connectivity index (χ0n) is 14.7. The van der Waals surface area contributed by atoms with Crippen molar-refractivity contribution in [2.75, 3.05) is 6.61 Å². The standard InChI is InChI=1S/C19H23NO5/c1-4-16-15(19(22)23)9-17(25-16)18(21)20-10-13-6-5-7-14(8-13)24-11-12(2)3/h5-9,12H,4,10-11H2,1-3H3,(H,20,21)(H,22,23). The van der Waals surface area contributed by atoms with Crippen LogP contribution in [0.2, 0.25) is 0 Å². The number of nitrogens with one attached hydrogen (secondary N) is 1. The van der Waals surface area contributed by atoms with Crippen LogP contribution in [0.4, 0.5) is 0 Å². The van der Waals surface area contributed by atoms with Gasteiger partial charge in [-0.1, -0.05) is 32.9 Å². The summed E-state index contributed by atoms with van der Waals surface area (Å²) in [6.07, 6.45) is 0.407. The first-order valence-electron chi connectivity index (χ1n) is 8.26. The van der Waals surface area contributed by atoms with Gasteiger partial charge in [0.1, 0.15) is 17.1 Å². The molecule has 1 aromatic carbocycles. The third kappa shape index (κ3) is 5.11. The van der Waals surface area contributed by atoms with Gasteiger partial charge >= 0.3 is 5.97 Å². The number of furan rings is 1. The van der Waals surface area contributed by atoms with Crippen LogP contribution in [0.1, 0.15) is 53.0 Å². The van der Waals surface area contributed by atoms with E-state index >= 15 is 0 Å². The second-order valence-electron chi connectivity index (χ2n) is 6.14. The minimum absolute atomic E-state index is 0.00135. The smallest absolute Gasteiger partial charge is 0.339 e. The van der Waals surface area contributed by atoms with Gasteiger partial charge in [-0.05, 0) is 23.6 Å². The predicted molar refractivity (Wildman–Crippen MR) is 93.0 cm³/mol. The average Bonchev–Trinajstić information content (AvgIpc) is 3.03. The van der Waals surface area contributed by atoms with Crippen molar-refractivity contribution in [3.8, 4) is 5.75 Å². The van der Waals surface area contributed by atoms with E-state index in [2.05, 4.69) is 19.2 Å². The number of amides is 1. The summed E-state index contributed by atoms with van der Waals surface area (Å²) in [5.74, 6) is -0.0769. The van der Waals surface area contributed by atoms with Crippen LogP contribution in [0.5, 0.6) is 5.75 Å². The van der Waals surface area contributed by atoms with E-state index in [9.17, 15) is 9.59 Å². The predicted octanol–water partition coefficient (Wildman–Crippen LogP) is 3.51. The van der Waals surface area contributed by atoms with E-state index in [0.717, 1.165) is 11.3 Å². The highest BCUT2D eigenvalue weighted by Gasteiger charge is 2.19. The van der Waals surface area contributed by atoms with Crippen molar-refractivity contribution in [2.24, 2.45) is 5.92 Å². The van der Waals surface area contributed by atoms with Gasteiger partial charge in [0, 0.05) is 19.0 Å². The molecule has 6 heteroatoms. The number of aromatic carboxylic acids is 1. The lowest BCUT2D eigenvalue weighted by Crippen LogP contribution is -2.22. The zero-order chi connectivity index (χ0) is 18.4. The molecule has 25 heavy (non-hydrogen) atoms. The van der Waals surface area contributed by atoms with E-state index in [1.54, 1.807) is 6.92 Å². The number of benzene rings is 1. The van der Waals surface area contributed by atoms with Gasteiger partial charge < -0.3 is 19.6 Å². The number of carboxylic acids is 1. The molecule has 0 unspecified atom stereocenters. The van der Waals surface area contributed by atoms with E-state index in [1.807, 2.05) is 24.3 Å². The molecule has 0 bridgehead atoms. The fourth-order valence-electron chi connectivity index (χ4n) is 2.26. The third-order valence-electron chi connectivity index (χ3n) is 3.52. The van der Waals surface area contributed by atoms with Crippen LogP contribution >= 0.6 is 0 Å². The summed E-state index contributed by atoms with van der Waals surface area (Å²) in [7, 11) is 0. The first kappa shape index (κ1) is 18.6. The molecule has 0 saturated heterocycles. The van der Waals surface area contributed by atoms with Crippen molar-refractivity contribution in [3.05, 3.63) is 53.0 Å². The molecule has 0 fully saturated rings. The number of ether oxygens (including phenoxy) is 1. The monoisotopic (exact) mass is 345 g/mol. The maximum absolute atomic E-state index is 12.2. The van der Waals surface area contributed by atoms with E-state index in [4.69, 9.17) is 14.3 Å². The topological polar surface area (TPSA) is 88.8 Å². The van der Waals surface area contributed by atoms with Crippen LogP contribution in [-0.4, -0.2) is 23.6 Å². The summed E-state index contributed by atoms with van der Waals surface area (Å²) in [4.78, 5) is 23.3. The van der Waals surface area contributed by atoms with Gasteiger partial charge in [0.25, 0.3) is 5.91 Å². The van der Waals surface area contributed by atoms with Crippen LogP contribution in [0.3, 0.4) is 0 Å². The molecule has 0 aliphatic heterocycles. The molecule has 0 saturated carbocycles. The quantitative estimate of drug-likeness (QED) is 0.764. The zero-order valence-corrected chi connectivity index (χ0v) is 14.7. The van der Waals surface area contributed by atoms with Gasteiger partial charge in [0.15, 0.2) is 5.76 Å². The van der Waals surface area contributed by atoms with Crippen LogP contribution in [0.25, 0.3) is 0 Å². The Labute approximate surface area is 146 Å². The maximum atomic E-state index is 12.2. The Morgan fingerprint density at radius 3 is 2.64 bits per heavy atom. The normalized spacial score (nSPS) is 10.7. The van der Waals surface area contributed by atoms with Crippen molar-refractivity contribution < 1.29 is 23.8 Å². The molecule has 1 heterocycles. The summed E-state index contributed by atoms with van der Waals surface area (Å²) in [5.41, 5.74) is 0.909. The first-order chi connectivity index (χ1) is 11.9. The summed E-state index contributed by atoms with van der Waals surface area (Å²) >= 11 is 0. The molecule has 2 rings (SSSR count).